The van der Waals surface area contributed by atoms with E-state index in [1.165, 1.54) is 0 Å². The highest BCUT2D eigenvalue weighted by Gasteiger charge is 2.05. The third kappa shape index (κ3) is 3.12. The molecule has 0 aromatic rings. The van der Waals surface area contributed by atoms with Gasteiger partial charge < -0.3 is 10.6 Å². The van der Waals surface area contributed by atoms with Crippen molar-refractivity contribution in [3.63, 3.8) is 0 Å². The maximum absolute atomic E-state index is 10.3. The zero-order valence-corrected chi connectivity index (χ0v) is 7.85. The molecule has 0 fully saturated rings. The van der Waals surface area contributed by atoms with Crippen LogP contribution in [0.1, 0.15) is 0 Å². The summed E-state index contributed by atoms with van der Waals surface area (Å²) in [6, 6.07) is 0. The molecule has 1 aliphatic rings. The number of hydrogen-bond donors (Lipinski definition) is 1. The Balaban J connectivity index is 0.000000810. The second-order valence-corrected chi connectivity index (χ2v) is 2.66. The molecule has 0 bridgehead atoms. The predicted molar refractivity (Wildman–Crippen MR) is 47.8 cm³/mol. The highest BCUT2D eigenvalue weighted by atomic mass is 79.9. The lowest BCUT2D eigenvalue weighted by molar-refractivity contribution is -0.118. The van der Waals surface area contributed by atoms with Gasteiger partial charge >= 0.3 is 0 Å². The maximum atomic E-state index is 10.3. The molecule has 2 N–H and O–H groups in total. The van der Waals surface area contributed by atoms with Crippen molar-refractivity contribution in [3.05, 3.63) is 11.6 Å². The van der Waals surface area contributed by atoms with Crippen molar-refractivity contribution in [3.8, 4) is 0 Å². The molecule has 0 aliphatic carbocycles. The summed E-state index contributed by atoms with van der Waals surface area (Å²) in [5.74, 6) is 0.574. The molecule has 0 aromatic heterocycles. The summed E-state index contributed by atoms with van der Waals surface area (Å²) >= 11 is 1.66. The van der Waals surface area contributed by atoms with Crippen molar-refractivity contribution in [1.82, 2.24) is 4.90 Å². The summed E-state index contributed by atoms with van der Waals surface area (Å²) < 4.78 is 0. The minimum atomic E-state index is -0.276. The Morgan fingerprint density at radius 1 is 1.80 bits per heavy atom. The summed E-state index contributed by atoms with van der Waals surface area (Å²) in [7, 11) is 0. The van der Waals surface area contributed by atoms with Crippen LogP contribution in [0.2, 0.25) is 0 Å². The van der Waals surface area contributed by atoms with E-state index in [4.69, 9.17) is 5.73 Å². The Morgan fingerprint density at radius 3 is 2.90 bits per heavy atom. The average Bonchev–Trinajstić information content (AvgIpc) is 2.15. The first-order valence-corrected chi connectivity index (χ1v) is 3.64. The van der Waals surface area contributed by atoms with Gasteiger partial charge in [0.1, 0.15) is 0 Å². The van der Waals surface area contributed by atoms with E-state index in [-0.39, 0.29) is 22.9 Å². The lowest BCUT2D eigenvalue weighted by Gasteiger charge is -2.10. The molecule has 0 saturated carbocycles. The number of carbonyl (C=O) groups is 1. The van der Waals surface area contributed by atoms with Gasteiger partial charge in [-0.1, -0.05) is 0 Å². The first-order chi connectivity index (χ1) is 4.29. The molecular formula is C5H9BrN2OS. The summed E-state index contributed by atoms with van der Waals surface area (Å²) in [5.41, 5.74) is 4.95. The molecule has 0 atom stereocenters. The Hall–Kier alpha value is -0.160. The Kier molecular flexibility index (Phi) is 4.55. The molecule has 0 radical (unpaired) electrons. The molecule has 0 unspecified atom stereocenters. The van der Waals surface area contributed by atoms with E-state index in [0.29, 0.717) is 6.54 Å². The quantitative estimate of drug-likeness (QED) is 0.745. The number of hydrogen-bond acceptors (Lipinski definition) is 3. The van der Waals surface area contributed by atoms with E-state index < -0.39 is 0 Å². The smallest absolute Gasteiger partial charge is 0.236 e. The van der Waals surface area contributed by atoms with Gasteiger partial charge in [-0.2, -0.15) is 0 Å². The minimum Gasteiger partial charge on any atom is -0.368 e. The first kappa shape index (κ1) is 9.84. The Labute approximate surface area is 74.4 Å². The summed E-state index contributed by atoms with van der Waals surface area (Å²) in [4.78, 5) is 12.2. The van der Waals surface area contributed by atoms with Crippen LogP contribution in [0.15, 0.2) is 11.6 Å². The monoisotopic (exact) mass is 224 g/mol. The third-order valence-corrected chi connectivity index (χ3v) is 1.76. The summed E-state index contributed by atoms with van der Waals surface area (Å²) in [6.07, 6.45) is 1.87. The number of halogens is 1. The summed E-state index contributed by atoms with van der Waals surface area (Å²) in [5, 5.41) is 1.95. The number of carbonyl (C=O) groups excluding carboxylic acids is 1. The van der Waals surface area contributed by atoms with Crippen molar-refractivity contribution in [2.75, 3.05) is 12.4 Å². The number of nitrogens with two attached hydrogens (primary N) is 1. The molecule has 1 aliphatic heterocycles. The van der Waals surface area contributed by atoms with E-state index in [2.05, 4.69) is 0 Å². The van der Waals surface area contributed by atoms with Crippen molar-refractivity contribution in [1.29, 1.82) is 0 Å². The van der Waals surface area contributed by atoms with Crippen LogP contribution in [0.4, 0.5) is 0 Å². The Morgan fingerprint density at radius 2 is 2.50 bits per heavy atom. The predicted octanol–water partition coefficient (Wildman–Crippen LogP) is 0.527. The van der Waals surface area contributed by atoms with E-state index in [1.807, 2.05) is 16.5 Å². The fourth-order valence-electron chi connectivity index (χ4n) is 0.609. The maximum Gasteiger partial charge on any atom is 0.236 e. The fourth-order valence-corrected chi connectivity index (χ4v) is 1.32. The standard InChI is InChI=1S/C5H8N2OS.BrH/c6-5(8)3-7-1-2-9-4-7;/h1-2H,3-4H2,(H2,6,8);1H. The Bertz CT molecular complexity index is 151. The zero-order valence-electron chi connectivity index (χ0n) is 5.32. The molecule has 0 spiro atoms. The first-order valence-electron chi connectivity index (χ1n) is 2.59. The molecular weight excluding hydrogens is 216 g/mol. The van der Waals surface area contributed by atoms with E-state index in [0.717, 1.165) is 5.88 Å². The molecule has 3 nitrogen and oxygen atoms in total. The van der Waals surface area contributed by atoms with Gasteiger partial charge in [0, 0.05) is 6.20 Å². The normalized spacial score (nSPS) is 15.0. The lowest BCUT2D eigenvalue weighted by atomic mass is 10.6. The molecule has 5 heteroatoms. The largest absolute Gasteiger partial charge is 0.368 e. The highest BCUT2D eigenvalue weighted by Crippen LogP contribution is 2.13. The van der Waals surface area contributed by atoms with Gasteiger partial charge in [-0.05, 0) is 5.41 Å². The van der Waals surface area contributed by atoms with E-state index >= 15 is 0 Å². The minimum absolute atomic E-state index is 0. The SMILES string of the molecule is Br.NC(=O)CN1C=CSC1. The molecule has 0 saturated heterocycles. The van der Waals surface area contributed by atoms with E-state index in [9.17, 15) is 4.79 Å². The lowest BCUT2D eigenvalue weighted by Crippen LogP contribution is -2.27. The molecule has 1 rings (SSSR count). The topological polar surface area (TPSA) is 46.3 Å². The number of nitrogens with zero attached hydrogens (tertiary/aromatic N) is 1. The van der Waals surface area contributed by atoms with Gasteiger partial charge in [0.25, 0.3) is 0 Å². The highest BCUT2D eigenvalue weighted by molar-refractivity contribution is 8.93. The summed E-state index contributed by atoms with van der Waals surface area (Å²) in [6.45, 7) is 0.337. The van der Waals surface area contributed by atoms with Gasteiger partial charge in [0.05, 0.1) is 12.4 Å². The average molecular weight is 225 g/mol. The molecule has 0 aromatic carbocycles. The van der Waals surface area contributed by atoms with Crippen molar-refractivity contribution in [2.45, 2.75) is 0 Å². The van der Waals surface area contributed by atoms with Crippen molar-refractivity contribution >= 4 is 34.7 Å². The van der Waals surface area contributed by atoms with Gasteiger partial charge in [-0.15, -0.1) is 28.7 Å². The number of amides is 1. The van der Waals surface area contributed by atoms with Crippen LogP contribution >= 0.6 is 28.7 Å². The fraction of sp³-hybridized carbons (Fsp3) is 0.400. The van der Waals surface area contributed by atoms with Crippen molar-refractivity contribution < 1.29 is 4.79 Å². The molecule has 58 valence electrons. The van der Waals surface area contributed by atoms with E-state index in [1.54, 1.807) is 11.8 Å². The number of primary amides is 1. The van der Waals surface area contributed by atoms with Gasteiger partial charge in [0.15, 0.2) is 0 Å². The van der Waals surface area contributed by atoms with Crippen LogP contribution in [-0.4, -0.2) is 23.2 Å². The molecule has 10 heavy (non-hydrogen) atoms. The van der Waals surface area contributed by atoms with Gasteiger partial charge in [-0.25, -0.2) is 0 Å². The van der Waals surface area contributed by atoms with Crippen LogP contribution in [0.25, 0.3) is 0 Å². The second-order valence-electron chi connectivity index (χ2n) is 1.79. The molecule has 1 heterocycles. The van der Waals surface area contributed by atoms with Gasteiger partial charge in [-0.3, -0.25) is 4.79 Å². The number of rotatable bonds is 2. The van der Waals surface area contributed by atoms with Gasteiger partial charge in [0.2, 0.25) is 5.91 Å². The van der Waals surface area contributed by atoms with Crippen LogP contribution in [0.3, 0.4) is 0 Å². The van der Waals surface area contributed by atoms with Crippen LogP contribution in [0, 0.1) is 0 Å². The van der Waals surface area contributed by atoms with Crippen LogP contribution < -0.4 is 5.73 Å². The second kappa shape index (κ2) is 4.62. The van der Waals surface area contributed by atoms with Crippen molar-refractivity contribution in [2.24, 2.45) is 5.73 Å². The van der Waals surface area contributed by atoms with Crippen LogP contribution in [-0.2, 0) is 4.79 Å². The van der Waals surface area contributed by atoms with Crippen LogP contribution in [0.5, 0.6) is 0 Å². The number of thioether (sulfide) groups is 1. The zero-order chi connectivity index (χ0) is 6.69. The third-order valence-electron chi connectivity index (χ3n) is 0.967. The molecule has 1 amide bonds.